The summed E-state index contributed by atoms with van der Waals surface area (Å²) in [5.41, 5.74) is 4.17. The molecule has 3 atom stereocenters. The third-order valence-corrected chi connectivity index (χ3v) is 20.5. The zero-order chi connectivity index (χ0) is 68.7. The van der Waals surface area contributed by atoms with Crippen molar-refractivity contribution in [1.29, 1.82) is 0 Å². The van der Waals surface area contributed by atoms with Gasteiger partial charge < -0.3 is 44.3 Å². The van der Waals surface area contributed by atoms with Gasteiger partial charge in [-0.15, -0.1) is 0 Å². The Kier molecular flexibility index (Phi) is 21.2. The normalized spacial score (nSPS) is 21.3. The zero-order valence-corrected chi connectivity index (χ0v) is 56.4. The second-order valence-corrected chi connectivity index (χ2v) is 29.3. The van der Waals surface area contributed by atoms with Gasteiger partial charge in [-0.1, -0.05) is 80.2 Å². The van der Waals surface area contributed by atoms with Crippen molar-refractivity contribution >= 4 is 89.2 Å². The monoisotopic (exact) mass is 1370 g/mol. The number of rotatable bonds is 33. The highest BCUT2D eigenvalue weighted by molar-refractivity contribution is 7.85. The van der Waals surface area contributed by atoms with Gasteiger partial charge in [0.1, 0.15) is 30.8 Å². The van der Waals surface area contributed by atoms with Crippen LogP contribution in [0.5, 0.6) is 0 Å². The number of carboxylic acid groups (broad SMARTS) is 1. The summed E-state index contributed by atoms with van der Waals surface area (Å²) in [5, 5.41) is 25.5. The highest BCUT2D eigenvalue weighted by Gasteiger charge is 2.66. The molecule has 6 aromatic rings. The van der Waals surface area contributed by atoms with Crippen LogP contribution in [0.4, 0.5) is 9.93 Å². The third-order valence-electron chi connectivity index (χ3n) is 18.8. The highest BCUT2D eigenvalue weighted by Crippen LogP contribution is 2.72. The van der Waals surface area contributed by atoms with E-state index in [4.69, 9.17) is 33.8 Å². The fraction of sp³-hybridized carbons (Fsp3) is 0.457. The Morgan fingerprint density at radius 2 is 1.60 bits per heavy atom. The minimum absolute atomic E-state index is 0.0124. The summed E-state index contributed by atoms with van der Waals surface area (Å²) in [7, 11) is -3.08. The van der Waals surface area contributed by atoms with Gasteiger partial charge in [0.2, 0.25) is 11.8 Å². The van der Waals surface area contributed by atoms with E-state index < -0.39 is 63.2 Å². The largest absolute Gasteiger partial charge is 0.495 e. The topological polar surface area (TPSA) is 326 Å². The number of para-hydroxylation sites is 1. The quantitative estimate of drug-likeness (QED) is 0.0146. The number of nitrogens with one attached hydrogen (secondary N) is 3. The Morgan fingerprint density at radius 1 is 0.825 bits per heavy atom. The van der Waals surface area contributed by atoms with Gasteiger partial charge in [-0.3, -0.25) is 43.4 Å². The summed E-state index contributed by atoms with van der Waals surface area (Å²) in [6.07, 6.45) is 14.6. The Hall–Kier alpha value is -8.73. The van der Waals surface area contributed by atoms with Gasteiger partial charge in [0.15, 0.2) is 10.8 Å². The van der Waals surface area contributed by atoms with Crippen molar-refractivity contribution in [2.45, 2.75) is 110 Å². The predicted molar refractivity (Wildman–Crippen MR) is 361 cm³/mol. The number of thiazole rings is 1. The number of aromatic carboxylic acids is 1. The van der Waals surface area contributed by atoms with E-state index >= 15 is 0 Å². The molecule has 6 aliphatic rings. The number of allylic oxidation sites excluding steroid dienone is 1. The molecule has 2 unspecified atom stereocenters. The van der Waals surface area contributed by atoms with E-state index in [9.17, 15) is 51.6 Å². The molecular formula is C70H81N9O16S2. The van der Waals surface area contributed by atoms with Gasteiger partial charge in [0.25, 0.3) is 27.8 Å². The number of pyridine rings is 1. The molecule has 0 saturated heterocycles. The van der Waals surface area contributed by atoms with Crippen molar-refractivity contribution in [2.75, 3.05) is 84.0 Å². The van der Waals surface area contributed by atoms with E-state index in [1.807, 2.05) is 84.4 Å². The second-order valence-electron chi connectivity index (χ2n) is 26.8. The number of amides is 6. The zero-order valence-electron chi connectivity index (χ0n) is 54.8. The second kappa shape index (κ2) is 29.5. The Balaban J connectivity index is 0.658. The van der Waals surface area contributed by atoms with Crippen molar-refractivity contribution in [3.63, 3.8) is 0 Å². The first-order chi connectivity index (χ1) is 46.4. The number of anilines is 1. The average molecular weight is 1370 g/mol. The standard InChI is InChI=1S/C70H81N9O16S2/c1-45-52(49-21-22-53(74-61(49)64(85)86)47-20-19-46-12-10-14-50(51(46)34-47)62(83)76-65-75-54-15-7-8-17-57(54)96-65)35-72-79(45)44-69-39-67(2)38-68(3,40-69)42-70(41-67,43-69)95-31-28-77(27-30-91-4)66(87)94-36-48-13-11-16-56(48)93-33-32-92-29-25-71-63(84)55(37-97(88,89)90)73-58(80)18-6-5-9-26-78-59(81)23-24-60(78)82/h7-8,10-15,17,19-24,34-35,55H,5-6,9,16,18,25-33,36-44H2,1-4H3,(H,71,84)(H,73,80)(H,85,86)(H,75,76,83)(H,88,89,90)/t55-,67?,68?,69?,70?/m0/s1. The molecule has 3 aromatic heterocycles. The molecule has 25 nitrogen and oxygen atoms in total. The van der Waals surface area contributed by atoms with E-state index in [1.165, 1.54) is 23.5 Å². The summed E-state index contributed by atoms with van der Waals surface area (Å²) >= 11 is 1.39. The molecule has 0 spiro atoms. The number of imide groups is 1. The maximum absolute atomic E-state index is 13.8. The number of nitrogens with zero attached hydrogens (tertiary/aromatic N) is 6. The van der Waals surface area contributed by atoms with Gasteiger partial charge >= 0.3 is 12.1 Å². The minimum atomic E-state index is -4.65. The first kappa shape index (κ1) is 69.6. The van der Waals surface area contributed by atoms with Crippen molar-refractivity contribution in [2.24, 2.45) is 16.2 Å². The van der Waals surface area contributed by atoms with Crippen LogP contribution >= 0.6 is 11.3 Å². The van der Waals surface area contributed by atoms with Crippen molar-refractivity contribution < 1.29 is 75.3 Å². The van der Waals surface area contributed by atoms with Gasteiger partial charge in [-0.25, -0.2) is 19.6 Å². The molecule has 4 bridgehead atoms. The van der Waals surface area contributed by atoms with Crippen LogP contribution in [0.2, 0.25) is 0 Å². The number of unbranched alkanes of at least 4 members (excludes halogenated alkanes) is 2. The van der Waals surface area contributed by atoms with Crippen molar-refractivity contribution in [3.8, 4) is 22.4 Å². The molecule has 1 aliphatic heterocycles. The molecule has 4 heterocycles. The van der Waals surface area contributed by atoms with Crippen LogP contribution in [-0.2, 0) is 59.5 Å². The average Bonchev–Trinajstić information content (AvgIpc) is 1.19. The molecule has 27 heteroatoms. The number of carboxylic acids is 1. The molecule has 0 radical (unpaired) electrons. The molecule has 3 aromatic carbocycles. The Morgan fingerprint density at radius 3 is 2.35 bits per heavy atom. The summed E-state index contributed by atoms with van der Waals surface area (Å²) in [6.45, 7) is 8.73. The third kappa shape index (κ3) is 16.8. The molecule has 6 amide bonds. The van der Waals surface area contributed by atoms with Gasteiger partial charge in [-0.05, 0) is 122 Å². The number of hydrogen-bond donors (Lipinski definition) is 5. The maximum atomic E-state index is 13.8. The lowest BCUT2D eigenvalue weighted by Crippen LogP contribution is -2.64. The molecule has 4 fully saturated rings. The van der Waals surface area contributed by atoms with Crippen molar-refractivity contribution in [3.05, 3.63) is 132 Å². The Labute approximate surface area is 565 Å². The maximum Gasteiger partial charge on any atom is 0.410 e. The van der Waals surface area contributed by atoms with Gasteiger partial charge in [0, 0.05) is 98.3 Å². The first-order valence-corrected chi connectivity index (χ1v) is 35.0. The lowest BCUT2D eigenvalue weighted by molar-refractivity contribution is -0.248. The number of benzene rings is 3. The predicted octanol–water partition coefficient (Wildman–Crippen LogP) is 9.08. The number of fused-ring (bicyclic) bond motifs is 2. The molecular weight excluding hydrogens is 1290 g/mol. The number of methoxy groups -OCH3 is 1. The van der Waals surface area contributed by atoms with Crippen LogP contribution in [-0.4, -0.2) is 180 Å². The van der Waals surface area contributed by atoms with Gasteiger partial charge in [0.05, 0.1) is 54.1 Å². The first-order valence-electron chi connectivity index (χ1n) is 32.6. The number of hydrogen-bond acceptors (Lipinski definition) is 18. The van der Waals surface area contributed by atoms with Gasteiger partial charge in [-0.2, -0.15) is 13.5 Å². The summed E-state index contributed by atoms with van der Waals surface area (Å²) in [6, 6.07) is 20.9. The lowest BCUT2D eigenvalue weighted by atomic mass is 9.39. The van der Waals surface area contributed by atoms with E-state index in [2.05, 4.69) is 34.8 Å². The summed E-state index contributed by atoms with van der Waals surface area (Å²) < 4.78 is 65.9. The molecule has 12 rings (SSSR count). The van der Waals surface area contributed by atoms with E-state index in [-0.39, 0.29) is 100 Å². The number of carbonyl (C=O) groups is 7. The number of aromatic nitrogens is 4. The van der Waals surface area contributed by atoms with Crippen LogP contribution in [0.1, 0.15) is 111 Å². The van der Waals surface area contributed by atoms with Crippen molar-refractivity contribution in [1.82, 2.24) is 40.2 Å². The minimum Gasteiger partial charge on any atom is -0.495 e. The molecule has 5 N–H and O–H groups in total. The molecule has 97 heavy (non-hydrogen) atoms. The van der Waals surface area contributed by atoms with Crippen LogP contribution < -0.4 is 16.0 Å². The SMILES string of the molecule is COCCN(CCOC12CC3(C)CC(C)(CC(Cn4ncc(-c5ccc(-c6ccc7cccc(C(=O)Nc8nc9ccccc9s8)c7c6)nc5C(=O)O)c4C)(C3)C1)C2)C(=O)OCC1=C(OCCOCCNC(=O)[C@H](CS(=O)(=O)O)NC(=O)CCCCCN2C(=O)C=CC2=O)CC=C1. The number of ether oxygens (including phenoxy) is 5. The van der Waals surface area contributed by atoms with Crippen LogP contribution in [0.3, 0.4) is 0 Å². The van der Waals surface area contributed by atoms with Crippen LogP contribution in [0, 0.1) is 23.2 Å². The van der Waals surface area contributed by atoms with Crippen LogP contribution in [0.25, 0.3) is 43.4 Å². The molecule has 4 saturated carbocycles. The highest BCUT2D eigenvalue weighted by atomic mass is 32.2. The summed E-state index contributed by atoms with van der Waals surface area (Å²) in [4.78, 5) is 102. The number of carbonyl (C=O) groups excluding carboxylic acids is 6. The molecule has 514 valence electrons. The lowest BCUT2D eigenvalue weighted by Gasteiger charge is -2.69. The summed E-state index contributed by atoms with van der Waals surface area (Å²) in [5.74, 6) is -4.19. The smallest absolute Gasteiger partial charge is 0.410 e. The van der Waals surface area contributed by atoms with Crippen LogP contribution in [0.15, 0.2) is 115 Å². The Bertz CT molecular complexity index is 4170. The fourth-order valence-electron chi connectivity index (χ4n) is 15.7. The fourth-order valence-corrected chi connectivity index (χ4v) is 17.2. The van der Waals surface area contributed by atoms with E-state index in [0.717, 1.165) is 64.7 Å². The van der Waals surface area contributed by atoms with E-state index in [1.54, 1.807) is 30.3 Å². The molecule has 5 aliphatic carbocycles. The van der Waals surface area contributed by atoms with E-state index in [0.29, 0.717) is 82.0 Å².